The molecular weight excluding hydrogens is 242 g/mol. The zero-order valence-corrected chi connectivity index (χ0v) is 11.3. The Hall–Kier alpha value is -1.84. The van der Waals surface area contributed by atoms with Crippen LogP contribution in [0.5, 0.6) is 0 Å². The monoisotopic (exact) mass is 261 g/mol. The number of amides is 1. The minimum absolute atomic E-state index is 0.0887. The highest BCUT2D eigenvalue weighted by Gasteiger charge is 2.51. The molecule has 1 saturated carbocycles. The molecule has 0 aromatic heterocycles. The Bertz CT molecular complexity index is 506. The molecule has 0 aliphatic heterocycles. The summed E-state index contributed by atoms with van der Waals surface area (Å²) in [5, 5.41) is 11.7. The van der Waals surface area contributed by atoms with Gasteiger partial charge >= 0.3 is 5.97 Å². The second-order valence-corrected chi connectivity index (χ2v) is 5.40. The lowest BCUT2D eigenvalue weighted by Gasteiger charge is -2.17. The van der Waals surface area contributed by atoms with Crippen molar-refractivity contribution in [1.29, 1.82) is 0 Å². The van der Waals surface area contributed by atoms with E-state index in [1.54, 1.807) is 0 Å². The van der Waals surface area contributed by atoms with E-state index in [1.165, 1.54) is 0 Å². The lowest BCUT2D eigenvalue weighted by Crippen LogP contribution is -2.43. The van der Waals surface area contributed by atoms with Crippen molar-refractivity contribution in [2.75, 3.05) is 0 Å². The fourth-order valence-electron chi connectivity index (χ4n) is 2.36. The van der Waals surface area contributed by atoms with Crippen molar-refractivity contribution < 1.29 is 14.7 Å². The first-order valence-corrected chi connectivity index (χ1v) is 6.54. The van der Waals surface area contributed by atoms with E-state index in [4.69, 9.17) is 5.11 Å². The summed E-state index contributed by atoms with van der Waals surface area (Å²) in [5.74, 6) is -1.02. The maximum absolute atomic E-state index is 11.9. The maximum Gasteiger partial charge on any atom is 0.329 e. The molecule has 1 aliphatic carbocycles. The minimum atomic E-state index is -0.984. The number of hydrogen-bond donors (Lipinski definition) is 2. The molecule has 0 heterocycles. The third kappa shape index (κ3) is 2.95. The largest absolute Gasteiger partial charge is 0.480 e. The fraction of sp³-hybridized carbons (Fsp3) is 0.467. The van der Waals surface area contributed by atoms with Gasteiger partial charge in [-0.1, -0.05) is 31.2 Å². The lowest BCUT2D eigenvalue weighted by atomic mass is 9.93. The van der Waals surface area contributed by atoms with E-state index >= 15 is 0 Å². The predicted octanol–water partition coefficient (Wildman–Crippen LogP) is 2.22. The number of benzene rings is 1. The number of carbonyl (C=O) groups is 2. The van der Waals surface area contributed by atoms with Crippen LogP contribution in [0.25, 0.3) is 0 Å². The van der Waals surface area contributed by atoms with Crippen LogP contribution in [0, 0.1) is 6.92 Å². The fourth-order valence-corrected chi connectivity index (χ4v) is 2.36. The molecule has 1 aromatic carbocycles. The van der Waals surface area contributed by atoms with Gasteiger partial charge in [0.1, 0.15) is 5.54 Å². The first-order chi connectivity index (χ1) is 8.94. The first kappa shape index (κ1) is 13.6. The number of carboxylic acids is 1. The smallest absolute Gasteiger partial charge is 0.329 e. The summed E-state index contributed by atoms with van der Waals surface area (Å²) in [6, 6.07) is 7.95. The van der Waals surface area contributed by atoms with Crippen LogP contribution in [0.15, 0.2) is 24.3 Å². The number of nitrogens with one attached hydrogen (secondary N) is 1. The molecule has 4 nitrogen and oxygen atoms in total. The third-order valence-corrected chi connectivity index (χ3v) is 3.75. The summed E-state index contributed by atoms with van der Waals surface area (Å²) in [7, 11) is 0. The zero-order chi connectivity index (χ0) is 14.0. The summed E-state index contributed by atoms with van der Waals surface area (Å²) in [6.07, 6.45) is 1.39. The Morgan fingerprint density at radius 2 is 2.00 bits per heavy atom. The van der Waals surface area contributed by atoms with Crippen LogP contribution in [0.2, 0.25) is 0 Å². The van der Waals surface area contributed by atoms with Gasteiger partial charge in [0.05, 0.1) is 0 Å². The molecule has 19 heavy (non-hydrogen) atoms. The number of aliphatic carboxylic acids is 1. The number of carboxylic acid groups (broad SMARTS) is 1. The van der Waals surface area contributed by atoms with Gasteiger partial charge in [-0.15, -0.1) is 0 Å². The molecule has 0 spiro atoms. The molecule has 0 radical (unpaired) electrons. The summed E-state index contributed by atoms with van der Waals surface area (Å²) in [4.78, 5) is 22.9. The summed E-state index contributed by atoms with van der Waals surface area (Å²) < 4.78 is 0. The minimum Gasteiger partial charge on any atom is -0.480 e. The molecule has 1 fully saturated rings. The van der Waals surface area contributed by atoms with Gasteiger partial charge in [-0.2, -0.15) is 0 Å². The molecule has 1 aromatic rings. The number of aryl methyl sites for hydroxylation is 1. The van der Waals surface area contributed by atoms with Crippen molar-refractivity contribution in [2.24, 2.45) is 0 Å². The van der Waals surface area contributed by atoms with Crippen molar-refractivity contribution in [3.05, 3.63) is 35.4 Å². The van der Waals surface area contributed by atoms with Crippen LogP contribution in [0.1, 0.15) is 43.2 Å². The SMILES string of the molecule is Cc1ccccc1C(C)CC(=O)NC1(C(=O)O)CC1. The van der Waals surface area contributed by atoms with Gasteiger partial charge in [0, 0.05) is 6.42 Å². The summed E-state index contributed by atoms with van der Waals surface area (Å²) in [6.45, 7) is 4.01. The third-order valence-electron chi connectivity index (χ3n) is 3.75. The molecule has 0 bridgehead atoms. The Morgan fingerprint density at radius 3 is 2.53 bits per heavy atom. The zero-order valence-electron chi connectivity index (χ0n) is 11.3. The highest BCUT2D eigenvalue weighted by Crippen LogP contribution is 2.36. The summed E-state index contributed by atoms with van der Waals surface area (Å²) in [5.41, 5.74) is 1.31. The number of rotatable bonds is 5. The van der Waals surface area contributed by atoms with Crippen LogP contribution < -0.4 is 5.32 Å². The van der Waals surface area contributed by atoms with Crippen LogP contribution in [-0.2, 0) is 9.59 Å². The van der Waals surface area contributed by atoms with E-state index in [2.05, 4.69) is 5.32 Å². The van der Waals surface area contributed by atoms with Gasteiger partial charge in [-0.25, -0.2) is 4.79 Å². The van der Waals surface area contributed by atoms with Crippen LogP contribution in [0.4, 0.5) is 0 Å². The van der Waals surface area contributed by atoms with Crippen LogP contribution in [-0.4, -0.2) is 22.5 Å². The molecule has 1 atom stereocenters. The van der Waals surface area contributed by atoms with Gasteiger partial charge in [-0.3, -0.25) is 4.79 Å². The molecule has 102 valence electrons. The normalized spacial score (nSPS) is 17.6. The molecule has 1 aliphatic rings. The molecule has 0 saturated heterocycles. The van der Waals surface area contributed by atoms with Gasteiger partial charge < -0.3 is 10.4 Å². The Labute approximate surface area is 112 Å². The second kappa shape index (κ2) is 5.03. The van der Waals surface area contributed by atoms with Crippen molar-refractivity contribution in [3.63, 3.8) is 0 Å². The van der Waals surface area contributed by atoms with Crippen molar-refractivity contribution in [1.82, 2.24) is 5.32 Å². The molecule has 1 amide bonds. The molecule has 2 N–H and O–H groups in total. The Morgan fingerprint density at radius 1 is 1.37 bits per heavy atom. The topological polar surface area (TPSA) is 66.4 Å². The number of carbonyl (C=O) groups excluding carboxylic acids is 1. The Kier molecular flexibility index (Phi) is 3.60. The lowest BCUT2D eigenvalue weighted by molar-refractivity contribution is -0.143. The van der Waals surface area contributed by atoms with E-state index in [-0.39, 0.29) is 11.8 Å². The van der Waals surface area contributed by atoms with Crippen molar-refractivity contribution in [2.45, 2.75) is 44.6 Å². The second-order valence-electron chi connectivity index (χ2n) is 5.40. The number of hydrogen-bond acceptors (Lipinski definition) is 2. The van der Waals surface area contributed by atoms with E-state index < -0.39 is 11.5 Å². The summed E-state index contributed by atoms with van der Waals surface area (Å²) >= 11 is 0. The van der Waals surface area contributed by atoms with Gasteiger partial charge in [-0.05, 0) is 36.8 Å². The van der Waals surface area contributed by atoms with Gasteiger partial charge in [0.2, 0.25) is 5.91 Å². The average Bonchev–Trinajstić information content (AvgIpc) is 3.10. The molecule has 1 unspecified atom stereocenters. The maximum atomic E-state index is 11.9. The van der Waals surface area contributed by atoms with E-state index in [1.807, 2.05) is 38.1 Å². The van der Waals surface area contributed by atoms with Gasteiger partial charge in [0.25, 0.3) is 0 Å². The van der Waals surface area contributed by atoms with Crippen LogP contribution in [0.3, 0.4) is 0 Å². The molecule has 2 rings (SSSR count). The first-order valence-electron chi connectivity index (χ1n) is 6.54. The van der Waals surface area contributed by atoms with E-state index in [9.17, 15) is 9.59 Å². The average molecular weight is 261 g/mol. The standard InChI is InChI=1S/C15H19NO3/c1-10-5-3-4-6-12(10)11(2)9-13(17)16-15(7-8-15)14(18)19/h3-6,11H,7-9H2,1-2H3,(H,16,17)(H,18,19). The highest BCUT2D eigenvalue weighted by molar-refractivity contribution is 5.89. The van der Waals surface area contributed by atoms with Gasteiger partial charge in [0.15, 0.2) is 0 Å². The van der Waals surface area contributed by atoms with Crippen molar-refractivity contribution in [3.8, 4) is 0 Å². The molecule has 4 heteroatoms. The van der Waals surface area contributed by atoms with E-state index in [0.717, 1.165) is 11.1 Å². The molecular formula is C15H19NO3. The quantitative estimate of drug-likeness (QED) is 0.854. The van der Waals surface area contributed by atoms with Crippen LogP contribution >= 0.6 is 0 Å². The van der Waals surface area contributed by atoms with E-state index in [0.29, 0.717) is 19.3 Å². The predicted molar refractivity (Wildman–Crippen MR) is 72.0 cm³/mol. The highest BCUT2D eigenvalue weighted by atomic mass is 16.4. The van der Waals surface area contributed by atoms with Crippen molar-refractivity contribution >= 4 is 11.9 Å². The Balaban J connectivity index is 1.96.